The summed E-state index contributed by atoms with van der Waals surface area (Å²) in [5.74, 6) is 1.34. The van der Waals surface area contributed by atoms with Crippen molar-refractivity contribution in [3.05, 3.63) is 22.1 Å². The zero-order chi connectivity index (χ0) is 15.8. The first-order valence-corrected chi connectivity index (χ1v) is 8.41. The molecule has 6 heteroatoms. The molecule has 0 aromatic heterocycles. The summed E-state index contributed by atoms with van der Waals surface area (Å²) >= 11 is 7.52. The molecule has 1 unspecified atom stereocenters. The van der Waals surface area contributed by atoms with Gasteiger partial charge < -0.3 is 4.90 Å². The maximum absolute atomic E-state index is 6.13. The van der Waals surface area contributed by atoms with Gasteiger partial charge in [-0.05, 0) is 25.8 Å². The summed E-state index contributed by atoms with van der Waals surface area (Å²) < 4.78 is 4.63. The normalized spacial score (nSPS) is 20.4. The molecule has 1 atom stereocenters. The Labute approximate surface area is 137 Å². The topological polar surface area (TPSA) is 31.2 Å². The van der Waals surface area contributed by atoms with Crippen molar-refractivity contribution in [2.75, 3.05) is 20.6 Å². The molecule has 0 bridgehead atoms. The van der Waals surface area contributed by atoms with Crippen LogP contribution in [0.3, 0.4) is 0 Å². The molecular weight excluding hydrogens is 304 g/mol. The third-order valence-electron chi connectivity index (χ3n) is 3.05. The van der Waals surface area contributed by atoms with Gasteiger partial charge in [0.25, 0.3) is 0 Å². The molecule has 118 valence electrons. The Morgan fingerprint density at radius 1 is 1.52 bits per heavy atom. The van der Waals surface area contributed by atoms with Gasteiger partial charge in [-0.1, -0.05) is 31.5 Å². The number of hydrogen-bond donors (Lipinski definition) is 0. The van der Waals surface area contributed by atoms with E-state index in [9.17, 15) is 0 Å². The second-order valence-corrected chi connectivity index (χ2v) is 6.47. The van der Waals surface area contributed by atoms with Crippen LogP contribution in [-0.4, -0.2) is 42.7 Å². The molecule has 1 rings (SSSR count). The van der Waals surface area contributed by atoms with Crippen LogP contribution in [0.1, 0.15) is 33.6 Å². The van der Waals surface area contributed by atoms with E-state index in [1.807, 2.05) is 43.2 Å². The zero-order valence-electron chi connectivity index (χ0n) is 13.5. The van der Waals surface area contributed by atoms with E-state index in [1.54, 1.807) is 0 Å². The van der Waals surface area contributed by atoms with Gasteiger partial charge in [-0.25, -0.2) is 5.01 Å². The number of hydrazone groups is 1. The molecule has 0 amide bonds. The van der Waals surface area contributed by atoms with Crippen molar-refractivity contribution in [2.45, 2.75) is 33.6 Å². The summed E-state index contributed by atoms with van der Waals surface area (Å²) in [6.07, 6.45) is 8.18. The predicted molar refractivity (Wildman–Crippen MR) is 95.7 cm³/mol. The van der Waals surface area contributed by atoms with Crippen LogP contribution in [0.5, 0.6) is 0 Å². The highest BCUT2D eigenvalue weighted by Crippen LogP contribution is 2.26. The first kappa shape index (κ1) is 18.1. The summed E-state index contributed by atoms with van der Waals surface area (Å²) in [6.45, 7) is 7.04. The van der Waals surface area contributed by atoms with Gasteiger partial charge in [0.2, 0.25) is 5.96 Å². The third-order valence-corrected chi connectivity index (χ3v) is 4.26. The molecule has 0 radical (unpaired) electrons. The van der Waals surface area contributed by atoms with Gasteiger partial charge >= 0.3 is 0 Å². The lowest BCUT2D eigenvalue weighted by Gasteiger charge is -2.23. The molecule has 0 aromatic carbocycles. The molecule has 0 spiro atoms. The van der Waals surface area contributed by atoms with Crippen molar-refractivity contribution in [3.63, 3.8) is 0 Å². The van der Waals surface area contributed by atoms with E-state index in [4.69, 9.17) is 11.6 Å². The maximum Gasteiger partial charge on any atom is 0.228 e. The fraction of sp³-hybridized carbons (Fsp3) is 0.600. The van der Waals surface area contributed by atoms with Crippen LogP contribution >= 0.6 is 23.5 Å². The number of guanidine groups is 1. The van der Waals surface area contributed by atoms with Gasteiger partial charge in [0.15, 0.2) is 0 Å². The summed E-state index contributed by atoms with van der Waals surface area (Å²) in [6, 6.07) is 0. The summed E-state index contributed by atoms with van der Waals surface area (Å²) in [5.41, 5.74) is 0. The molecule has 1 aliphatic rings. The van der Waals surface area contributed by atoms with Crippen molar-refractivity contribution in [2.24, 2.45) is 15.4 Å². The van der Waals surface area contributed by atoms with Gasteiger partial charge in [0.1, 0.15) is 0 Å². The Hall–Kier alpha value is -0.940. The van der Waals surface area contributed by atoms with Crippen LogP contribution in [0.2, 0.25) is 0 Å². The Balaban J connectivity index is 2.84. The van der Waals surface area contributed by atoms with Gasteiger partial charge in [0, 0.05) is 48.1 Å². The van der Waals surface area contributed by atoms with Crippen LogP contribution in [0, 0.1) is 5.92 Å². The first-order valence-electron chi connectivity index (χ1n) is 7.26. The van der Waals surface area contributed by atoms with E-state index < -0.39 is 0 Å². The van der Waals surface area contributed by atoms with Crippen molar-refractivity contribution < 1.29 is 0 Å². The molecule has 0 fully saturated rings. The second kappa shape index (κ2) is 9.15. The van der Waals surface area contributed by atoms with Crippen LogP contribution in [-0.2, 0) is 0 Å². The molecule has 0 N–H and O–H groups in total. The standard InChI is InChI=1S/C15H25ClN4S/c1-6-8-9-14(12(3)16)21-18-15(19(4)5)20-11-13(7-2)10-17-20/h8-10,13H,6-7,11H2,1-5H3/b9-8-,14-12-,18-15+. The largest absolute Gasteiger partial charge is 0.347 e. The highest BCUT2D eigenvalue weighted by molar-refractivity contribution is 8.02. The first-order chi connectivity index (χ1) is 9.99. The van der Waals surface area contributed by atoms with Gasteiger partial charge in [-0.3, -0.25) is 0 Å². The second-order valence-electron chi connectivity index (χ2n) is 5.10. The fourth-order valence-corrected chi connectivity index (χ4v) is 2.63. The maximum atomic E-state index is 6.13. The number of allylic oxidation sites excluding steroid dienone is 3. The van der Waals surface area contributed by atoms with Crippen molar-refractivity contribution in [3.8, 4) is 0 Å². The molecule has 0 saturated heterocycles. The minimum absolute atomic E-state index is 0.505. The molecule has 4 nitrogen and oxygen atoms in total. The molecular formula is C15H25ClN4S. The predicted octanol–water partition coefficient (Wildman–Crippen LogP) is 4.32. The summed E-state index contributed by atoms with van der Waals surface area (Å²) in [5, 5.41) is 7.15. The number of nitrogens with zero attached hydrogens (tertiary/aromatic N) is 4. The number of hydrogen-bond acceptors (Lipinski definition) is 3. The summed E-state index contributed by atoms with van der Waals surface area (Å²) in [4.78, 5) is 2.95. The molecule has 21 heavy (non-hydrogen) atoms. The summed E-state index contributed by atoms with van der Waals surface area (Å²) in [7, 11) is 3.96. The Kier molecular flexibility index (Phi) is 7.89. The molecule has 1 heterocycles. The average Bonchev–Trinajstić information content (AvgIpc) is 2.90. The number of rotatable bonds is 5. The highest BCUT2D eigenvalue weighted by atomic mass is 35.5. The Bertz CT molecular complexity index is 451. The van der Waals surface area contributed by atoms with E-state index in [0.717, 1.165) is 35.3 Å². The number of halogens is 1. The highest BCUT2D eigenvalue weighted by Gasteiger charge is 2.21. The molecule has 0 saturated carbocycles. The lowest BCUT2D eigenvalue weighted by atomic mass is 10.1. The van der Waals surface area contributed by atoms with Gasteiger partial charge in [-0.2, -0.15) is 9.50 Å². The van der Waals surface area contributed by atoms with Crippen molar-refractivity contribution in [1.29, 1.82) is 0 Å². The SMILES string of the molecule is CC/C=C\C(S/N=C(\N(C)C)N1CC(CC)C=N1)=C(/C)Cl. The third kappa shape index (κ3) is 5.75. The van der Waals surface area contributed by atoms with Crippen LogP contribution in [0.15, 0.2) is 31.6 Å². The minimum Gasteiger partial charge on any atom is -0.347 e. The van der Waals surface area contributed by atoms with Crippen LogP contribution in [0.4, 0.5) is 0 Å². The molecule has 0 aliphatic carbocycles. The van der Waals surface area contributed by atoms with E-state index in [0.29, 0.717) is 5.92 Å². The minimum atomic E-state index is 0.505. The fourth-order valence-electron chi connectivity index (χ4n) is 1.74. The molecule has 0 aromatic rings. The van der Waals surface area contributed by atoms with Gasteiger partial charge in [-0.15, -0.1) is 0 Å². The molecule has 1 aliphatic heterocycles. The van der Waals surface area contributed by atoms with E-state index in [2.05, 4.69) is 29.4 Å². The average molecular weight is 329 g/mol. The van der Waals surface area contributed by atoms with Gasteiger partial charge in [0.05, 0.1) is 6.54 Å². The van der Waals surface area contributed by atoms with E-state index >= 15 is 0 Å². The van der Waals surface area contributed by atoms with Crippen molar-refractivity contribution in [1.82, 2.24) is 9.91 Å². The Morgan fingerprint density at radius 2 is 2.24 bits per heavy atom. The quantitative estimate of drug-likeness (QED) is 0.326. The smallest absolute Gasteiger partial charge is 0.228 e. The van der Waals surface area contributed by atoms with Crippen molar-refractivity contribution >= 4 is 35.7 Å². The lowest BCUT2D eigenvalue weighted by molar-refractivity contribution is 0.385. The van der Waals surface area contributed by atoms with Crippen LogP contribution < -0.4 is 0 Å². The lowest BCUT2D eigenvalue weighted by Crippen LogP contribution is -2.36. The zero-order valence-corrected chi connectivity index (χ0v) is 15.1. The Morgan fingerprint density at radius 3 is 2.71 bits per heavy atom. The van der Waals surface area contributed by atoms with Crippen LogP contribution in [0.25, 0.3) is 0 Å². The monoisotopic (exact) mass is 328 g/mol. The van der Waals surface area contributed by atoms with E-state index in [-0.39, 0.29) is 0 Å². The van der Waals surface area contributed by atoms with E-state index in [1.165, 1.54) is 11.9 Å².